The third-order valence-electron chi connectivity index (χ3n) is 6.19. The van der Waals surface area contributed by atoms with Crippen LogP contribution in [-0.4, -0.2) is 58.7 Å². The quantitative estimate of drug-likeness (QED) is 0.636. The molecule has 0 spiro atoms. The van der Waals surface area contributed by atoms with Crippen LogP contribution in [0.2, 0.25) is 0 Å². The summed E-state index contributed by atoms with van der Waals surface area (Å²) in [6.45, 7) is 4.43. The summed E-state index contributed by atoms with van der Waals surface area (Å²) in [4.78, 5) is 6.44. The first-order valence-corrected chi connectivity index (χ1v) is 11.5. The average Bonchev–Trinajstić information content (AvgIpc) is 3.43. The molecule has 8 nitrogen and oxygen atoms in total. The summed E-state index contributed by atoms with van der Waals surface area (Å²) in [6.07, 6.45) is 1.59. The highest BCUT2D eigenvalue weighted by atomic mass is 32.2. The molecule has 156 valence electrons. The minimum atomic E-state index is -3.55. The predicted molar refractivity (Wildman–Crippen MR) is 113 cm³/mol. The topological polar surface area (TPSA) is 84.2 Å². The summed E-state index contributed by atoms with van der Waals surface area (Å²) in [5, 5.41) is 8.95. The molecule has 0 amide bonds. The monoisotopic (exact) mass is 424 g/mol. The second kappa shape index (κ2) is 7.17. The van der Waals surface area contributed by atoms with E-state index in [1.807, 2.05) is 49.5 Å². The lowest BCUT2D eigenvalue weighted by molar-refractivity contribution is 0.450. The Morgan fingerprint density at radius 3 is 2.20 bits per heavy atom. The van der Waals surface area contributed by atoms with Crippen LogP contribution in [0.4, 0.5) is 5.82 Å². The van der Waals surface area contributed by atoms with E-state index in [-0.39, 0.29) is 5.03 Å². The maximum absolute atomic E-state index is 13.0. The van der Waals surface area contributed by atoms with Crippen LogP contribution >= 0.6 is 0 Å². The van der Waals surface area contributed by atoms with Crippen molar-refractivity contribution in [3.63, 3.8) is 0 Å². The third-order valence-corrected chi connectivity index (χ3v) is 7.89. The predicted octanol–water partition coefficient (Wildman–Crippen LogP) is 1.94. The number of anilines is 1. The molecular formula is C21H24N6O2S. The Labute approximate surface area is 176 Å². The molecule has 2 aliphatic rings. The maximum atomic E-state index is 13.0. The van der Waals surface area contributed by atoms with E-state index < -0.39 is 10.0 Å². The van der Waals surface area contributed by atoms with Crippen LogP contribution in [0.5, 0.6) is 0 Å². The minimum Gasteiger partial charge on any atom is -0.354 e. The van der Waals surface area contributed by atoms with Crippen LogP contribution in [0, 0.1) is 18.8 Å². The lowest BCUT2D eigenvalue weighted by Crippen LogP contribution is -2.33. The van der Waals surface area contributed by atoms with E-state index in [4.69, 9.17) is 0 Å². The molecule has 3 aromatic rings. The first kappa shape index (κ1) is 19.2. The lowest BCUT2D eigenvalue weighted by atomic mass is 10.0. The van der Waals surface area contributed by atoms with Gasteiger partial charge >= 0.3 is 0 Å². The number of sulfonamides is 1. The highest BCUT2D eigenvalue weighted by Crippen LogP contribution is 2.35. The Hall–Kier alpha value is -2.78. The van der Waals surface area contributed by atoms with Crippen LogP contribution in [0.15, 0.2) is 53.7 Å². The molecule has 1 aromatic carbocycles. The zero-order valence-electron chi connectivity index (χ0n) is 17.0. The summed E-state index contributed by atoms with van der Waals surface area (Å²) >= 11 is 0. The number of hydrogen-bond donors (Lipinski definition) is 0. The van der Waals surface area contributed by atoms with E-state index in [0.717, 1.165) is 30.2 Å². The first-order valence-electron chi connectivity index (χ1n) is 10.1. The van der Waals surface area contributed by atoms with Gasteiger partial charge in [-0.15, -0.1) is 10.2 Å². The number of imidazole rings is 1. The zero-order chi connectivity index (χ0) is 20.9. The summed E-state index contributed by atoms with van der Waals surface area (Å²) in [5.74, 6) is 2.12. The van der Waals surface area contributed by atoms with Gasteiger partial charge in [0.05, 0.1) is 5.69 Å². The molecule has 2 saturated heterocycles. The van der Waals surface area contributed by atoms with Gasteiger partial charge in [0.25, 0.3) is 10.0 Å². The second-order valence-corrected chi connectivity index (χ2v) is 10.0. The normalized spacial score (nSPS) is 21.9. The summed E-state index contributed by atoms with van der Waals surface area (Å²) < 4.78 is 29.3. The molecule has 2 aliphatic heterocycles. The number of hydrogen-bond acceptors (Lipinski definition) is 6. The van der Waals surface area contributed by atoms with Gasteiger partial charge in [-0.05, 0) is 30.9 Å². The molecule has 4 heterocycles. The van der Waals surface area contributed by atoms with Gasteiger partial charge in [-0.1, -0.05) is 30.3 Å². The molecule has 0 aliphatic carbocycles. The number of rotatable bonds is 4. The van der Waals surface area contributed by atoms with Crippen molar-refractivity contribution in [2.75, 3.05) is 31.1 Å². The Balaban J connectivity index is 1.27. The third kappa shape index (κ3) is 3.27. The standard InChI is InChI=1S/C21H24N6O2S/c1-15-22-21(14-25(15)2)30(28,29)27-12-17-10-26(11-18(17)13-27)20-9-8-19(23-24-20)16-6-4-3-5-7-16/h3-9,14,17-18H,10-13H2,1-2H3. The van der Waals surface area contributed by atoms with Gasteiger partial charge in [0.15, 0.2) is 10.8 Å². The molecule has 2 unspecified atom stereocenters. The molecule has 2 aromatic heterocycles. The van der Waals surface area contributed by atoms with E-state index in [9.17, 15) is 8.42 Å². The molecule has 0 saturated carbocycles. The number of aromatic nitrogens is 4. The van der Waals surface area contributed by atoms with Gasteiger partial charge in [-0.3, -0.25) is 0 Å². The molecule has 30 heavy (non-hydrogen) atoms. The second-order valence-electron chi connectivity index (χ2n) is 8.13. The fourth-order valence-corrected chi connectivity index (χ4v) is 5.95. The first-order chi connectivity index (χ1) is 14.4. The minimum absolute atomic E-state index is 0.140. The van der Waals surface area contributed by atoms with Crippen molar-refractivity contribution in [1.29, 1.82) is 0 Å². The molecule has 9 heteroatoms. The molecule has 5 rings (SSSR count). The van der Waals surface area contributed by atoms with Crippen molar-refractivity contribution in [2.45, 2.75) is 11.9 Å². The molecule has 0 N–H and O–H groups in total. The van der Waals surface area contributed by atoms with E-state index >= 15 is 0 Å². The Morgan fingerprint density at radius 1 is 0.933 bits per heavy atom. The SMILES string of the molecule is Cc1nc(S(=O)(=O)N2CC3CN(c4ccc(-c5ccccc5)nn4)CC3C2)cn1C. The number of benzene rings is 1. The van der Waals surface area contributed by atoms with Crippen LogP contribution in [0.3, 0.4) is 0 Å². The average molecular weight is 425 g/mol. The van der Waals surface area contributed by atoms with E-state index in [0.29, 0.717) is 30.7 Å². The van der Waals surface area contributed by atoms with E-state index in [1.165, 1.54) is 0 Å². The Morgan fingerprint density at radius 2 is 1.63 bits per heavy atom. The van der Waals surface area contributed by atoms with E-state index in [1.54, 1.807) is 22.0 Å². The number of aryl methyl sites for hydroxylation is 2. The summed E-state index contributed by atoms with van der Waals surface area (Å²) in [6, 6.07) is 14.0. The van der Waals surface area contributed by atoms with Crippen molar-refractivity contribution in [3.8, 4) is 11.3 Å². The van der Waals surface area contributed by atoms with Crippen molar-refractivity contribution in [2.24, 2.45) is 18.9 Å². The highest BCUT2D eigenvalue weighted by molar-refractivity contribution is 7.89. The van der Waals surface area contributed by atoms with Gasteiger partial charge in [-0.2, -0.15) is 4.31 Å². The lowest BCUT2D eigenvalue weighted by Gasteiger charge is -2.21. The van der Waals surface area contributed by atoms with Gasteiger partial charge in [0.1, 0.15) is 5.82 Å². The fraction of sp³-hybridized carbons (Fsp3) is 0.381. The van der Waals surface area contributed by atoms with Gasteiger partial charge in [0.2, 0.25) is 0 Å². The number of fused-ring (bicyclic) bond motifs is 1. The summed E-state index contributed by atoms with van der Waals surface area (Å²) in [7, 11) is -1.74. The molecule has 2 fully saturated rings. The van der Waals surface area contributed by atoms with Crippen LogP contribution in [0.25, 0.3) is 11.3 Å². The summed E-state index contributed by atoms with van der Waals surface area (Å²) in [5.41, 5.74) is 1.89. The zero-order valence-corrected chi connectivity index (χ0v) is 17.8. The van der Waals surface area contributed by atoms with Crippen molar-refractivity contribution in [1.82, 2.24) is 24.1 Å². The van der Waals surface area contributed by atoms with Crippen molar-refractivity contribution < 1.29 is 8.42 Å². The molecule has 2 atom stereocenters. The van der Waals surface area contributed by atoms with Crippen molar-refractivity contribution >= 4 is 15.8 Å². The maximum Gasteiger partial charge on any atom is 0.262 e. The van der Waals surface area contributed by atoms with E-state index in [2.05, 4.69) is 20.1 Å². The van der Waals surface area contributed by atoms with Gasteiger partial charge < -0.3 is 9.47 Å². The molecular weight excluding hydrogens is 400 g/mol. The van der Waals surface area contributed by atoms with Crippen LogP contribution in [0.1, 0.15) is 5.82 Å². The van der Waals surface area contributed by atoms with Crippen LogP contribution < -0.4 is 4.90 Å². The highest BCUT2D eigenvalue weighted by Gasteiger charge is 2.45. The Kier molecular flexibility index (Phi) is 4.59. The van der Waals surface area contributed by atoms with Crippen LogP contribution in [-0.2, 0) is 17.1 Å². The molecule has 0 radical (unpaired) electrons. The largest absolute Gasteiger partial charge is 0.354 e. The van der Waals surface area contributed by atoms with Gasteiger partial charge in [-0.25, -0.2) is 13.4 Å². The Bertz CT molecular complexity index is 1130. The van der Waals surface area contributed by atoms with Gasteiger partial charge in [0, 0.05) is 45.0 Å². The molecule has 0 bridgehead atoms. The number of nitrogens with zero attached hydrogens (tertiary/aromatic N) is 6. The smallest absolute Gasteiger partial charge is 0.262 e. The fourth-order valence-electron chi connectivity index (χ4n) is 4.37. The van der Waals surface area contributed by atoms with Crippen molar-refractivity contribution in [3.05, 3.63) is 54.5 Å².